The van der Waals surface area contributed by atoms with E-state index in [4.69, 9.17) is 26.8 Å². The third-order valence-electron chi connectivity index (χ3n) is 4.19. The first kappa shape index (κ1) is 20.2. The number of benzene rings is 3. The summed E-state index contributed by atoms with van der Waals surface area (Å²) < 4.78 is 11.2. The number of nitrogens with one attached hydrogen (secondary N) is 1. The third-order valence-corrected chi connectivity index (χ3v) is 4.56. The van der Waals surface area contributed by atoms with Gasteiger partial charge in [0.15, 0.2) is 11.5 Å². The van der Waals surface area contributed by atoms with Gasteiger partial charge in [0.25, 0.3) is 5.91 Å². The van der Waals surface area contributed by atoms with Crippen molar-refractivity contribution in [2.24, 2.45) is 5.73 Å². The maximum atomic E-state index is 12.5. The molecule has 0 saturated carbocycles. The summed E-state index contributed by atoms with van der Waals surface area (Å²) in [5.74, 6) is 0.0660. The van der Waals surface area contributed by atoms with Gasteiger partial charge in [0.1, 0.15) is 6.61 Å². The highest BCUT2D eigenvalue weighted by Gasteiger charge is 2.12. The van der Waals surface area contributed by atoms with Crippen molar-refractivity contribution in [3.05, 3.63) is 88.4 Å². The van der Waals surface area contributed by atoms with E-state index in [9.17, 15) is 9.59 Å². The lowest BCUT2D eigenvalue weighted by Crippen LogP contribution is -2.13. The fraction of sp³-hybridized carbons (Fsp3) is 0.0909. The van der Waals surface area contributed by atoms with E-state index in [0.717, 1.165) is 5.56 Å². The first-order valence-electron chi connectivity index (χ1n) is 8.73. The number of carbonyl (C=O) groups is 2. The molecule has 0 radical (unpaired) electrons. The number of hydrogen-bond acceptors (Lipinski definition) is 4. The molecular formula is C22H19ClN2O4. The summed E-state index contributed by atoms with van der Waals surface area (Å²) in [6.45, 7) is 0.272. The van der Waals surface area contributed by atoms with Crippen LogP contribution in [0.2, 0.25) is 5.02 Å². The Balaban J connectivity index is 1.71. The number of halogens is 1. The Kier molecular flexibility index (Phi) is 6.36. The molecule has 3 N–H and O–H groups in total. The van der Waals surface area contributed by atoms with Gasteiger partial charge in [-0.2, -0.15) is 0 Å². The predicted molar refractivity (Wildman–Crippen MR) is 112 cm³/mol. The van der Waals surface area contributed by atoms with Crippen LogP contribution in [0.4, 0.5) is 5.69 Å². The summed E-state index contributed by atoms with van der Waals surface area (Å²) in [5.41, 5.74) is 7.36. The zero-order valence-electron chi connectivity index (χ0n) is 15.6. The van der Waals surface area contributed by atoms with Crippen LogP contribution in [-0.2, 0) is 6.61 Å². The van der Waals surface area contributed by atoms with E-state index in [1.807, 2.05) is 18.2 Å². The molecular weight excluding hydrogens is 392 g/mol. The van der Waals surface area contributed by atoms with E-state index in [1.54, 1.807) is 48.5 Å². The minimum absolute atomic E-state index is 0.272. The molecule has 0 aliphatic heterocycles. The fourth-order valence-corrected chi connectivity index (χ4v) is 2.81. The van der Waals surface area contributed by atoms with Crippen molar-refractivity contribution in [1.29, 1.82) is 0 Å². The number of amides is 2. The van der Waals surface area contributed by atoms with Gasteiger partial charge in [-0.05, 0) is 48.5 Å². The minimum atomic E-state index is -0.528. The average molecular weight is 411 g/mol. The minimum Gasteiger partial charge on any atom is -0.493 e. The first-order valence-corrected chi connectivity index (χ1v) is 9.11. The van der Waals surface area contributed by atoms with Gasteiger partial charge in [-0.1, -0.05) is 29.8 Å². The molecule has 3 aromatic rings. The van der Waals surface area contributed by atoms with Crippen LogP contribution in [0.3, 0.4) is 0 Å². The van der Waals surface area contributed by atoms with Crippen LogP contribution in [0, 0.1) is 0 Å². The zero-order chi connectivity index (χ0) is 20.8. The number of anilines is 1. The van der Waals surface area contributed by atoms with Crippen LogP contribution in [-0.4, -0.2) is 18.9 Å². The molecule has 0 aromatic heterocycles. The van der Waals surface area contributed by atoms with E-state index < -0.39 is 5.91 Å². The SMILES string of the molecule is COc1cc(C(=O)Nc2ccc(C(N)=O)cc2)ccc1OCc1ccccc1Cl. The predicted octanol–water partition coefficient (Wildman–Crippen LogP) is 4.28. The molecule has 0 unspecified atom stereocenters. The van der Waals surface area contributed by atoms with E-state index in [2.05, 4.69) is 5.32 Å². The maximum absolute atomic E-state index is 12.5. The van der Waals surface area contributed by atoms with Crippen molar-refractivity contribution in [1.82, 2.24) is 0 Å². The second-order valence-electron chi connectivity index (χ2n) is 6.14. The molecule has 29 heavy (non-hydrogen) atoms. The topological polar surface area (TPSA) is 90.6 Å². The number of methoxy groups -OCH3 is 1. The number of primary amides is 1. The molecule has 3 aromatic carbocycles. The van der Waals surface area contributed by atoms with Gasteiger partial charge in [0, 0.05) is 27.4 Å². The number of nitrogens with two attached hydrogens (primary N) is 1. The van der Waals surface area contributed by atoms with Crippen molar-refractivity contribution in [3.8, 4) is 11.5 Å². The van der Waals surface area contributed by atoms with Crippen LogP contribution in [0.1, 0.15) is 26.3 Å². The molecule has 148 valence electrons. The Labute approximate surface area is 173 Å². The van der Waals surface area contributed by atoms with E-state index >= 15 is 0 Å². The van der Waals surface area contributed by atoms with E-state index in [0.29, 0.717) is 33.3 Å². The van der Waals surface area contributed by atoms with Crippen LogP contribution in [0.25, 0.3) is 0 Å². The highest BCUT2D eigenvalue weighted by molar-refractivity contribution is 6.31. The molecule has 0 aliphatic rings. The molecule has 2 amide bonds. The van der Waals surface area contributed by atoms with Gasteiger partial charge in [-0.15, -0.1) is 0 Å². The Morgan fingerprint density at radius 1 is 0.966 bits per heavy atom. The molecule has 6 nitrogen and oxygen atoms in total. The fourth-order valence-electron chi connectivity index (χ4n) is 2.62. The zero-order valence-corrected chi connectivity index (χ0v) is 16.4. The third kappa shape index (κ3) is 5.06. The lowest BCUT2D eigenvalue weighted by molar-refractivity contribution is 0.0998. The molecule has 0 saturated heterocycles. The Morgan fingerprint density at radius 3 is 2.31 bits per heavy atom. The van der Waals surface area contributed by atoms with Crippen molar-refractivity contribution in [2.75, 3.05) is 12.4 Å². The van der Waals surface area contributed by atoms with Crippen molar-refractivity contribution < 1.29 is 19.1 Å². The first-order chi connectivity index (χ1) is 14.0. The van der Waals surface area contributed by atoms with Crippen LogP contribution >= 0.6 is 11.6 Å². The smallest absolute Gasteiger partial charge is 0.255 e. The van der Waals surface area contributed by atoms with Gasteiger partial charge >= 0.3 is 0 Å². The Hall–Kier alpha value is -3.51. The van der Waals surface area contributed by atoms with Crippen LogP contribution in [0.5, 0.6) is 11.5 Å². The lowest BCUT2D eigenvalue weighted by Gasteiger charge is -2.13. The summed E-state index contributed by atoms with van der Waals surface area (Å²) in [6, 6.07) is 18.6. The Morgan fingerprint density at radius 2 is 1.66 bits per heavy atom. The van der Waals surface area contributed by atoms with Crippen molar-refractivity contribution in [3.63, 3.8) is 0 Å². The number of carbonyl (C=O) groups excluding carboxylic acids is 2. The van der Waals surface area contributed by atoms with E-state index in [-0.39, 0.29) is 12.5 Å². The molecule has 7 heteroatoms. The largest absolute Gasteiger partial charge is 0.493 e. The monoisotopic (exact) mass is 410 g/mol. The highest BCUT2D eigenvalue weighted by Crippen LogP contribution is 2.30. The molecule has 0 atom stereocenters. The summed E-state index contributed by atoms with van der Waals surface area (Å²) >= 11 is 6.15. The molecule has 0 aliphatic carbocycles. The summed E-state index contributed by atoms with van der Waals surface area (Å²) in [5, 5.41) is 3.37. The lowest BCUT2D eigenvalue weighted by atomic mass is 10.1. The van der Waals surface area contributed by atoms with Crippen LogP contribution in [0.15, 0.2) is 66.7 Å². The summed E-state index contributed by atoms with van der Waals surface area (Å²) in [6.07, 6.45) is 0. The van der Waals surface area contributed by atoms with Gasteiger partial charge in [0.05, 0.1) is 7.11 Å². The molecule has 0 bridgehead atoms. The van der Waals surface area contributed by atoms with Crippen LogP contribution < -0.4 is 20.5 Å². The number of hydrogen-bond donors (Lipinski definition) is 2. The molecule has 3 rings (SSSR count). The second-order valence-corrected chi connectivity index (χ2v) is 6.55. The summed E-state index contributed by atoms with van der Waals surface area (Å²) in [4.78, 5) is 23.6. The van der Waals surface area contributed by atoms with Gasteiger partial charge in [0.2, 0.25) is 5.91 Å². The number of ether oxygens (including phenoxy) is 2. The van der Waals surface area contributed by atoms with Gasteiger partial charge in [-0.25, -0.2) is 0 Å². The molecule has 0 spiro atoms. The highest BCUT2D eigenvalue weighted by atomic mass is 35.5. The molecule has 0 heterocycles. The van der Waals surface area contributed by atoms with Gasteiger partial charge < -0.3 is 20.5 Å². The number of rotatable bonds is 7. The normalized spacial score (nSPS) is 10.3. The quantitative estimate of drug-likeness (QED) is 0.608. The van der Waals surface area contributed by atoms with E-state index in [1.165, 1.54) is 7.11 Å². The van der Waals surface area contributed by atoms with Crippen molar-refractivity contribution in [2.45, 2.75) is 6.61 Å². The summed E-state index contributed by atoms with van der Waals surface area (Å²) in [7, 11) is 1.50. The Bertz CT molecular complexity index is 1040. The molecule has 0 fully saturated rings. The average Bonchev–Trinajstić information content (AvgIpc) is 2.73. The standard InChI is InChI=1S/C22H19ClN2O4/c1-28-20-12-15(22(27)25-17-9-6-14(7-10-17)21(24)26)8-11-19(20)29-13-16-4-2-3-5-18(16)23/h2-12H,13H2,1H3,(H2,24,26)(H,25,27). The second kappa shape index (κ2) is 9.12. The van der Waals surface area contributed by atoms with Crippen molar-refractivity contribution >= 4 is 29.1 Å². The van der Waals surface area contributed by atoms with Gasteiger partial charge in [-0.3, -0.25) is 9.59 Å². The maximum Gasteiger partial charge on any atom is 0.255 e.